The van der Waals surface area contributed by atoms with Crippen molar-refractivity contribution in [2.24, 2.45) is 0 Å². The van der Waals surface area contributed by atoms with Crippen molar-refractivity contribution in [1.29, 1.82) is 0 Å². The van der Waals surface area contributed by atoms with Crippen LogP contribution in [0.25, 0.3) is 33.2 Å². The van der Waals surface area contributed by atoms with Crippen LogP contribution in [-0.2, 0) is 16.1 Å². The third-order valence-corrected chi connectivity index (χ3v) is 8.56. The molecule has 2 amide bonds. The fraction of sp³-hybridized carbons (Fsp3) is 0.226. The monoisotopic (exact) mass is 616 g/mol. The van der Waals surface area contributed by atoms with Gasteiger partial charge in [0.15, 0.2) is 5.78 Å². The summed E-state index contributed by atoms with van der Waals surface area (Å²) in [5.41, 5.74) is 4.03. The summed E-state index contributed by atoms with van der Waals surface area (Å²) >= 11 is 7.63. The van der Waals surface area contributed by atoms with Crippen molar-refractivity contribution in [1.82, 2.24) is 24.6 Å². The quantitative estimate of drug-likeness (QED) is 0.226. The number of ketones is 1. The number of carbonyl (C=O) groups excluding carboxylic acids is 3. The molecule has 0 bridgehead atoms. The second kappa shape index (κ2) is 11.7. The van der Waals surface area contributed by atoms with E-state index in [1.54, 1.807) is 37.5 Å². The molecule has 6 rings (SSSR count). The molecule has 43 heavy (non-hydrogen) atoms. The molecule has 218 valence electrons. The van der Waals surface area contributed by atoms with Gasteiger partial charge in [-0.2, -0.15) is 5.10 Å². The Bertz CT molecular complexity index is 1870. The molecule has 2 atom stereocenters. The maximum atomic E-state index is 14.6. The summed E-state index contributed by atoms with van der Waals surface area (Å²) < 4.78 is 16.1. The SMILES string of the molecule is CC(=O)c1nn(CC(=O)N2C[C@H](F)C[C@H]2C(=O)Nc2cc(-c3ccccc3Cl)cs2)c2ccc(-c3cnc(C)nc3)cc12. The number of hydrogen-bond acceptors (Lipinski definition) is 7. The van der Waals surface area contributed by atoms with Gasteiger partial charge in [0.05, 0.1) is 17.1 Å². The van der Waals surface area contributed by atoms with Crippen molar-refractivity contribution >= 4 is 56.4 Å². The Morgan fingerprint density at radius 1 is 1.07 bits per heavy atom. The number of hydrogen-bond donors (Lipinski definition) is 1. The molecule has 0 aliphatic carbocycles. The number of anilines is 1. The summed E-state index contributed by atoms with van der Waals surface area (Å²) in [6.45, 7) is 2.74. The molecule has 4 heterocycles. The maximum absolute atomic E-state index is 14.6. The number of alkyl halides is 1. The third kappa shape index (κ3) is 5.78. The number of nitrogens with zero attached hydrogens (tertiary/aromatic N) is 5. The molecule has 1 aliphatic rings. The van der Waals surface area contributed by atoms with E-state index < -0.39 is 24.0 Å². The van der Waals surface area contributed by atoms with Crippen LogP contribution >= 0.6 is 22.9 Å². The number of aromatic nitrogens is 4. The number of Topliss-reactive ketones (excluding diaryl/α,β-unsaturated/α-hetero) is 1. The highest BCUT2D eigenvalue weighted by Gasteiger charge is 2.40. The zero-order chi connectivity index (χ0) is 30.2. The minimum Gasteiger partial charge on any atom is -0.326 e. The van der Waals surface area contributed by atoms with Gasteiger partial charge in [0.1, 0.15) is 30.3 Å². The van der Waals surface area contributed by atoms with Gasteiger partial charge in [-0.15, -0.1) is 11.3 Å². The molecule has 3 aromatic heterocycles. The van der Waals surface area contributed by atoms with Crippen LogP contribution in [0.4, 0.5) is 9.39 Å². The van der Waals surface area contributed by atoms with E-state index in [9.17, 15) is 18.8 Å². The lowest BCUT2D eigenvalue weighted by molar-refractivity contribution is -0.137. The van der Waals surface area contributed by atoms with Crippen molar-refractivity contribution < 1.29 is 18.8 Å². The molecule has 2 aromatic carbocycles. The highest BCUT2D eigenvalue weighted by molar-refractivity contribution is 7.14. The number of halogens is 2. The van der Waals surface area contributed by atoms with Crippen LogP contribution in [0.1, 0.15) is 29.7 Å². The van der Waals surface area contributed by atoms with Crippen molar-refractivity contribution in [3.05, 3.63) is 82.8 Å². The van der Waals surface area contributed by atoms with Crippen LogP contribution in [-0.4, -0.2) is 61.0 Å². The largest absolute Gasteiger partial charge is 0.326 e. The predicted molar refractivity (Wildman–Crippen MR) is 164 cm³/mol. The van der Waals surface area contributed by atoms with Crippen LogP contribution in [0.5, 0.6) is 0 Å². The van der Waals surface area contributed by atoms with Gasteiger partial charge in [0, 0.05) is 52.7 Å². The zero-order valence-corrected chi connectivity index (χ0v) is 24.8. The lowest BCUT2D eigenvalue weighted by Crippen LogP contribution is -2.44. The third-order valence-electron chi connectivity index (χ3n) is 7.39. The molecule has 1 N–H and O–H groups in total. The van der Waals surface area contributed by atoms with Crippen LogP contribution in [0.2, 0.25) is 5.02 Å². The molecule has 0 radical (unpaired) electrons. The van der Waals surface area contributed by atoms with E-state index in [1.165, 1.54) is 27.8 Å². The Kier molecular flexibility index (Phi) is 7.76. The number of amides is 2. The van der Waals surface area contributed by atoms with E-state index in [4.69, 9.17) is 11.6 Å². The van der Waals surface area contributed by atoms with E-state index in [2.05, 4.69) is 20.4 Å². The first-order valence-corrected chi connectivity index (χ1v) is 14.8. The van der Waals surface area contributed by atoms with Gasteiger partial charge in [0.25, 0.3) is 0 Å². The number of carbonyl (C=O) groups is 3. The summed E-state index contributed by atoms with van der Waals surface area (Å²) in [5.74, 6) is -0.565. The molecule has 0 saturated carbocycles. The second-order valence-corrected chi connectivity index (χ2v) is 11.7. The fourth-order valence-electron chi connectivity index (χ4n) is 5.25. The maximum Gasteiger partial charge on any atom is 0.247 e. The van der Waals surface area contributed by atoms with Crippen LogP contribution in [0.3, 0.4) is 0 Å². The van der Waals surface area contributed by atoms with Gasteiger partial charge in [-0.05, 0) is 42.3 Å². The average Bonchev–Trinajstić information content (AvgIpc) is 3.71. The Morgan fingerprint density at radius 3 is 2.58 bits per heavy atom. The van der Waals surface area contributed by atoms with Crippen LogP contribution < -0.4 is 5.32 Å². The Morgan fingerprint density at radius 2 is 1.84 bits per heavy atom. The molecule has 5 aromatic rings. The van der Waals surface area contributed by atoms with Gasteiger partial charge in [-0.1, -0.05) is 35.9 Å². The number of fused-ring (bicyclic) bond motifs is 1. The lowest BCUT2D eigenvalue weighted by Gasteiger charge is -2.23. The number of aryl methyl sites for hydroxylation is 1. The van der Waals surface area contributed by atoms with Gasteiger partial charge in [-0.25, -0.2) is 14.4 Å². The highest BCUT2D eigenvalue weighted by atomic mass is 35.5. The van der Waals surface area contributed by atoms with Crippen molar-refractivity contribution in [2.45, 2.75) is 39.0 Å². The minimum atomic E-state index is -1.34. The predicted octanol–water partition coefficient (Wildman–Crippen LogP) is 5.96. The van der Waals surface area contributed by atoms with E-state index in [0.717, 1.165) is 22.3 Å². The molecule has 9 nitrogen and oxygen atoms in total. The summed E-state index contributed by atoms with van der Waals surface area (Å²) in [6, 6.07) is 13.6. The number of rotatable bonds is 7. The molecule has 12 heteroatoms. The molecular weight excluding hydrogens is 591 g/mol. The average molecular weight is 617 g/mol. The summed E-state index contributed by atoms with van der Waals surface area (Å²) in [7, 11) is 0. The number of nitrogens with one attached hydrogen (secondary N) is 1. The van der Waals surface area contributed by atoms with Gasteiger partial charge < -0.3 is 10.2 Å². The fourth-order valence-corrected chi connectivity index (χ4v) is 6.30. The van der Waals surface area contributed by atoms with E-state index >= 15 is 0 Å². The summed E-state index contributed by atoms with van der Waals surface area (Å²) in [4.78, 5) is 49.0. The zero-order valence-electron chi connectivity index (χ0n) is 23.3. The topological polar surface area (TPSA) is 110 Å². The smallest absolute Gasteiger partial charge is 0.247 e. The van der Waals surface area contributed by atoms with Gasteiger partial charge in [-0.3, -0.25) is 19.1 Å². The molecule has 1 fully saturated rings. The standard InChI is InChI=1S/C31H26ClFN6O3S/c1-17(40)30-24-9-19(21-12-34-18(2)35-13-21)7-8-26(24)39(37-30)15-29(41)38-14-22(33)11-27(38)31(42)36-28-10-20(16-43-28)23-5-3-4-6-25(23)32/h3-10,12-13,16,22,27H,11,14-15H2,1-2H3,(H,36,42)/t22-,27+/m1/s1. The van der Waals surface area contributed by atoms with Crippen molar-refractivity contribution in [3.63, 3.8) is 0 Å². The normalized spacial score (nSPS) is 16.5. The molecule has 1 saturated heterocycles. The van der Waals surface area contributed by atoms with Crippen molar-refractivity contribution in [3.8, 4) is 22.3 Å². The molecule has 0 unspecified atom stereocenters. The first-order valence-electron chi connectivity index (χ1n) is 13.6. The Balaban J connectivity index is 1.22. The Labute approximate surface area is 255 Å². The number of thiophene rings is 1. The summed E-state index contributed by atoms with van der Waals surface area (Å²) in [6.07, 6.45) is 1.94. The van der Waals surface area contributed by atoms with E-state index in [1.807, 2.05) is 35.7 Å². The summed E-state index contributed by atoms with van der Waals surface area (Å²) in [5, 5.41) is 10.9. The first kappa shape index (κ1) is 28.6. The minimum absolute atomic E-state index is 0.110. The van der Waals surface area contributed by atoms with E-state index in [-0.39, 0.29) is 31.0 Å². The lowest BCUT2D eigenvalue weighted by atomic mass is 10.0. The van der Waals surface area contributed by atoms with Crippen LogP contribution in [0.15, 0.2) is 66.3 Å². The Hall–Kier alpha value is -4.48. The van der Waals surface area contributed by atoms with Crippen molar-refractivity contribution in [2.75, 3.05) is 11.9 Å². The second-order valence-electron chi connectivity index (χ2n) is 10.4. The van der Waals surface area contributed by atoms with E-state index in [0.29, 0.717) is 26.8 Å². The molecule has 1 aliphatic heterocycles. The van der Waals surface area contributed by atoms with Gasteiger partial charge >= 0.3 is 0 Å². The van der Waals surface area contributed by atoms with Gasteiger partial charge in [0.2, 0.25) is 11.8 Å². The molecule has 0 spiro atoms. The van der Waals surface area contributed by atoms with Crippen LogP contribution in [0, 0.1) is 6.92 Å². The number of likely N-dealkylation sites (tertiary alicyclic amines) is 1. The highest BCUT2D eigenvalue weighted by Crippen LogP contribution is 2.34. The first-order chi connectivity index (χ1) is 20.7. The number of benzene rings is 2. The molecular formula is C31H26ClFN6O3S.